The van der Waals surface area contributed by atoms with Crippen LogP contribution in [0.4, 0.5) is 0 Å². The van der Waals surface area contributed by atoms with Gasteiger partial charge in [0.2, 0.25) is 0 Å². The van der Waals surface area contributed by atoms with Crippen molar-refractivity contribution in [2.75, 3.05) is 7.11 Å². The second kappa shape index (κ2) is 5.51. The second-order valence-electron chi connectivity index (χ2n) is 4.54. The zero-order valence-corrected chi connectivity index (χ0v) is 11.5. The van der Waals surface area contributed by atoms with Gasteiger partial charge in [-0.2, -0.15) is 5.26 Å². The number of hydrogen-bond donors (Lipinski definition) is 1. The van der Waals surface area contributed by atoms with Crippen LogP contribution in [-0.4, -0.2) is 17.1 Å². The number of pyridine rings is 1. The summed E-state index contributed by atoms with van der Waals surface area (Å²) in [6.45, 7) is 0. The minimum atomic E-state index is 0.568. The Morgan fingerprint density at radius 2 is 2.19 bits per heavy atom. The van der Waals surface area contributed by atoms with Gasteiger partial charge in [0.15, 0.2) is 0 Å². The van der Waals surface area contributed by atoms with Crippen LogP contribution in [0.3, 0.4) is 0 Å². The van der Waals surface area contributed by atoms with Gasteiger partial charge in [-0.05, 0) is 18.2 Å². The summed E-state index contributed by atoms with van der Waals surface area (Å²) in [5.41, 5.74) is 3.23. The molecule has 0 aliphatic heterocycles. The number of rotatable bonds is 3. The number of ether oxygens (including phenoxy) is 1. The van der Waals surface area contributed by atoms with Crippen LogP contribution >= 0.6 is 0 Å². The molecule has 0 unspecified atom stereocenters. The van der Waals surface area contributed by atoms with Crippen LogP contribution in [0.15, 0.2) is 48.9 Å². The lowest BCUT2D eigenvalue weighted by Crippen LogP contribution is -1.88. The number of nitrogens with zero attached hydrogens (tertiary/aromatic N) is 2. The van der Waals surface area contributed by atoms with E-state index in [2.05, 4.69) is 16.0 Å². The van der Waals surface area contributed by atoms with Crippen molar-refractivity contribution < 1.29 is 4.74 Å². The Morgan fingerprint density at radius 3 is 3.00 bits per heavy atom. The second-order valence-corrected chi connectivity index (χ2v) is 4.54. The fourth-order valence-corrected chi connectivity index (χ4v) is 2.31. The summed E-state index contributed by atoms with van der Waals surface area (Å²) in [6, 6.07) is 11.9. The molecule has 3 aromatic rings. The first-order valence-corrected chi connectivity index (χ1v) is 6.50. The van der Waals surface area contributed by atoms with Crippen molar-refractivity contribution in [2.45, 2.75) is 0 Å². The minimum absolute atomic E-state index is 0.568. The van der Waals surface area contributed by atoms with Gasteiger partial charge in [0, 0.05) is 40.6 Å². The van der Waals surface area contributed by atoms with Crippen LogP contribution in [0.25, 0.3) is 22.6 Å². The number of allylic oxidation sites excluding steroid dienone is 1. The molecule has 0 fully saturated rings. The van der Waals surface area contributed by atoms with Crippen LogP contribution in [0.1, 0.15) is 11.1 Å². The highest BCUT2D eigenvalue weighted by atomic mass is 16.5. The molecule has 0 aliphatic carbocycles. The number of H-pyrrole nitrogens is 1. The maximum atomic E-state index is 9.49. The van der Waals surface area contributed by atoms with E-state index in [0.717, 1.165) is 22.0 Å². The SMILES string of the molecule is COc1ccncc1C=C(C#N)c1c[nH]c2ccccc12. The molecular formula is C17H13N3O. The molecule has 0 atom stereocenters. The van der Waals surface area contributed by atoms with Gasteiger partial charge in [-0.15, -0.1) is 0 Å². The first-order valence-electron chi connectivity index (χ1n) is 6.50. The molecule has 0 bridgehead atoms. The van der Waals surface area contributed by atoms with Gasteiger partial charge in [-0.1, -0.05) is 18.2 Å². The highest BCUT2D eigenvalue weighted by molar-refractivity contribution is 6.01. The van der Waals surface area contributed by atoms with Crippen LogP contribution in [0, 0.1) is 11.3 Å². The van der Waals surface area contributed by atoms with Gasteiger partial charge in [-0.25, -0.2) is 0 Å². The quantitative estimate of drug-likeness (QED) is 0.742. The fraction of sp³-hybridized carbons (Fsp3) is 0.0588. The van der Waals surface area contributed by atoms with E-state index in [1.807, 2.05) is 30.5 Å². The maximum absolute atomic E-state index is 9.49. The van der Waals surface area contributed by atoms with E-state index in [4.69, 9.17) is 4.74 Å². The number of methoxy groups -OCH3 is 1. The molecule has 0 radical (unpaired) electrons. The Morgan fingerprint density at radius 1 is 1.33 bits per heavy atom. The van der Waals surface area contributed by atoms with Gasteiger partial charge in [0.1, 0.15) is 5.75 Å². The Balaban J connectivity index is 2.14. The van der Waals surface area contributed by atoms with Crippen molar-refractivity contribution in [1.82, 2.24) is 9.97 Å². The van der Waals surface area contributed by atoms with Gasteiger partial charge in [0.05, 0.1) is 18.8 Å². The third-order valence-corrected chi connectivity index (χ3v) is 3.33. The van der Waals surface area contributed by atoms with Gasteiger partial charge in [0.25, 0.3) is 0 Å². The zero-order valence-electron chi connectivity index (χ0n) is 11.5. The van der Waals surface area contributed by atoms with E-state index in [1.165, 1.54) is 0 Å². The lowest BCUT2D eigenvalue weighted by molar-refractivity contribution is 0.413. The summed E-state index contributed by atoms with van der Waals surface area (Å²) in [4.78, 5) is 7.26. The molecule has 4 nitrogen and oxygen atoms in total. The number of nitriles is 1. The molecule has 0 saturated heterocycles. The Bertz CT molecular complexity index is 856. The predicted octanol–water partition coefficient (Wildman–Crippen LogP) is 3.64. The molecule has 3 rings (SSSR count). The highest BCUT2D eigenvalue weighted by Gasteiger charge is 2.09. The maximum Gasteiger partial charge on any atom is 0.129 e. The molecular weight excluding hydrogens is 262 g/mol. The molecule has 0 saturated carbocycles. The standard InChI is InChI=1S/C17H13N3O/c1-21-17-6-7-19-10-13(17)8-12(9-18)15-11-20-16-5-3-2-4-14(15)16/h2-8,10-11,20H,1H3. The topological polar surface area (TPSA) is 61.7 Å². The van der Waals surface area contributed by atoms with Crippen molar-refractivity contribution in [2.24, 2.45) is 0 Å². The molecule has 4 heteroatoms. The van der Waals surface area contributed by atoms with Crippen molar-refractivity contribution in [1.29, 1.82) is 5.26 Å². The van der Waals surface area contributed by atoms with Crippen LogP contribution < -0.4 is 4.74 Å². The Kier molecular flexibility index (Phi) is 3.40. The summed E-state index contributed by atoms with van der Waals surface area (Å²) in [5.74, 6) is 0.692. The summed E-state index contributed by atoms with van der Waals surface area (Å²) in [5, 5.41) is 10.5. The number of aromatic nitrogens is 2. The smallest absolute Gasteiger partial charge is 0.129 e. The van der Waals surface area contributed by atoms with Crippen LogP contribution in [-0.2, 0) is 0 Å². The molecule has 0 aliphatic rings. The molecule has 21 heavy (non-hydrogen) atoms. The average molecular weight is 275 g/mol. The number of hydrogen-bond acceptors (Lipinski definition) is 3. The Hall–Kier alpha value is -3.06. The molecule has 2 aromatic heterocycles. The molecule has 1 N–H and O–H groups in total. The molecule has 0 spiro atoms. The van der Waals surface area contributed by atoms with Gasteiger partial charge < -0.3 is 9.72 Å². The number of aromatic amines is 1. The van der Waals surface area contributed by atoms with E-state index in [-0.39, 0.29) is 0 Å². The monoisotopic (exact) mass is 275 g/mol. The van der Waals surface area contributed by atoms with E-state index < -0.39 is 0 Å². The zero-order chi connectivity index (χ0) is 14.7. The number of para-hydroxylation sites is 1. The van der Waals surface area contributed by atoms with Crippen molar-refractivity contribution in [3.8, 4) is 11.8 Å². The Labute approximate surface area is 122 Å². The van der Waals surface area contributed by atoms with E-state index in [9.17, 15) is 5.26 Å². The number of nitrogens with one attached hydrogen (secondary N) is 1. The van der Waals surface area contributed by atoms with Gasteiger partial charge in [-0.3, -0.25) is 4.98 Å². The van der Waals surface area contributed by atoms with Crippen molar-refractivity contribution in [3.05, 3.63) is 60.0 Å². The minimum Gasteiger partial charge on any atom is -0.496 e. The molecule has 0 amide bonds. The normalized spacial score (nSPS) is 11.3. The average Bonchev–Trinajstić information content (AvgIpc) is 2.97. The summed E-state index contributed by atoms with van der Waals surface area (Å²) < 4.78 is 5.29. The van der Waals surface area contributed by atoms with E-state index in [0.29, 0.717) is 11.3 Å². The lowest BCUT2D eigenvalue weighted by atomic mass is 10.0. The number of benzene rings is 1. The predicted molar refractivity (Wildman–Crippen MR) is 82.6 cm³/mol. The first kappa shape index (κ1) is 12.9. The summed E-state index contributed by atoms with van der Waals surface area (Å²) in [6.07, 6.45) is 6.99. The largest absolute Gasteiger partial charge is 0.496 e. The van der Waals surface area contributed by atoms with Gasteiger partial charge >= 0.3 is 0 Å². The molecule has 1 aromatic carbocycles. The van der Waals surface area contributed by atoms with E-state index >= 15 is 0 Å². The third kappa shape index (κ3) is 2.37. The lowest BCUT2D eigenvalue weighted by Gasteiger charge is -2.04. The fourth-order valence-electron chi connectivity index (χ4n) is 2.31. The highest BCUT2D eigenvalue weighted by Crippen LogP contribution is 2.28. The van der Waals surface area contributed by atoms with Crippen molar-refractivity contribution in [3.63, 3.8) is 0 Å². The molecule has 102 valence electrons. The summed E-state index contributed by atoms with van der Waals surface area (Å²) in [7, 11) is 1.60. The van der Waals surface area contributed by atoms with Crippen LogP contribution in [0.5, 0.6) is 5.75 Å². The summed E-state index contributed by atoms with van der Waals surface area (Å²) >= 11 is 0. The third-order valence-electron chi connectivity index (χ3n) is 3.33. The number of fused-ring (bicyclic) bond motifs is 1. The van der Waals surface area contributed by atoms with Crippen LogP contribution in [0.2, 0.25) is 0 Å². The van der Waals surface area contributed by atoms with E-state index in [1.54, 1.807) is 31.6 Å². The van der Waals surface area contributed by atoms with Crippen molar-refractivity contribution >= 4 is 22.6 Å². The molecule has 2 heterocycles. The first-order chi connectivity index (χ1) is 10.3.